The van der Waals surface area contributed by atoms with E-state index in [4.69, 9.17) is 0 Å². The number of thiophene rings is 1. The van der Waals surface area contributed by atoms with Crippen LogP contribution in [0, 0.1) is 11.3 Å². The predicted molar refractivity (Wildman–Crippen MR) is 107 cm³/mol. The minimum atomic E-state index is -0.0965. The summed E-state index contributed by atoms with van der Waals surface area (Å²) in [5, 5.41) is 12.6. The molecular weight excluding hydrogens is 362 g/mol. The van der Waals surface area contributed by atoms with Crippen LogP contribution in [0.4, 0.5) is 5.69 Å². The fraction of sp³-hybridized carbons (Fsp3) is 0.300. The third-order valence-corrected chi connectivity index (χ3v) is 7.03. The first-order valence-electron chi connectivity index (χ1n) is 8.66. The Morgan fingerprint density at radius 1 is 1.27 bits per heavy atom. The topological polar surface area (TPSA) is 47.3 Å². The maximum absolute atomic E-state index is 12.9. The molecule has 2 aromatic rings. The quantitative estimate of drug-likeness (QED) is 0.784. The molecule has 0 unspecified atom stereocenters. The molecule has 4 nitrogen and oxygen atoms in total. The van der Waals surface area contributed by atoms with Gasteiger partial charge < -0.3 is 4.90 Å². The van der Waals surface area contributed by atoms with Crippen molar-refractivity contribution in [3.63, 3.8) is 0 Å². The smallest absolute Gasteiger partial charge is 0.229 e. The Labute approximate surface area is 161 Å². The normalized spacial score (nSPS) is 20.2. The number of hydrogen-bond donors (Lipinski definition) is 0. The molecule has 0 saturated carbocycles. The number of benzene rings is 1. The molecule has 4 rings (SSSR count). The molecule has 1 aromatic heterocycles. The molecule has 0 radical (unpaired) electrons. The van der Waals surface area contributed by atoms with Crippen LogP contribution < -0.4 is 4.90 Å². The monoisotopic (exact) mass is 381 g/mol. The number of para-hydroxylation sites is 1. The van der Waals surface area contributed by atoms with Crippen LogP contribution in [0.3, 0.4) is 0 Å². The number of hydrogen-bond acceptors (Lipinski definition) is 5. The molecule has 2 aliphatic heterocycles. The SMILES string of the molecule is CCc1ccccc1N1CSC2=C(C#N)[C@@H](c3cccs3)CC(=O)N2C1. The van der Waals surface area contributed by atoms with E-state index in [1.165, 1.54) is 11.3 Å². The third-order valence-electron chi connectivity index (χ3n) is 4.89. The van der Waals surface area contributed by atoms with Gasteiger partial charge in [-0.1, -0.05) is 43.0 Å². The van der Waals surface area contributed by atoms with Crippen LogP contribution >= 0.6 is 23.1 Å². The lowest BCUT2D eigenvalue weighted by atomic mass is 9.92. The summed E-state index contributed by atoms with van der Waals surface area (Å²) in [4.78, 5) is 18.0. The molecule has 0 spiro atoms. The minimum Gasteiger partial charge on any atom is -0.343 e. The van der Waals surface area contributed by atoms with E-state index in [0.29, 0.717) is 13.1 Å². The third kappa shape index (κ3) is 2.91. The van der Waals surface area contributed by atoms with Gasteiger partial charge in [0.2, 0.25) is 5.91 Å². The van der Waals surface area contributed by atoms with Gasteiger partial charge in [0.1, 0.15) is 0 Å². The average molecular weight is 382 g/mol. The number of nitriles is 1. The second-order valence-electron chi connectivity index (χ2n) is 6.36. The molecule has 2 aliphatic rings. The van der Waals surface area contributed by atoms with Crippen molar-refractivity contribution in [2.75, 3.05) is 17.4 Å². The van der Waals surface area contributed by atoms with Crippen molar-refractivity contribution in [2.45, 2.75) is 25.7 Å². The fourth-order valence-electron chi connectivity index (χ4n) is 3.57. The van der Waals surface area contributed by atoms with Crippen LogP contribution in [0.15, 0.2) is 52.4 Å². The van der Waals surface area contributed by atoms with E-state index in [-0.39, 0.29) is 11.8 Å². The van der Waals surface area contributed by atoms with E-state index in [1.54, 1.807) is 28.0 Å². The minimum absolute atomic E-state index is 0.0965. The zero-order valence-electron chi connectivity index (χ0n) is 14.5. The molecular formula is C20H19N3OS2. The summed E-state index contributed by atoms with van der Waals surface area (Å²) >= 11 is 3.22. The summed E-state index contributed by atoms with van der Waals surface area (Å²) in [7, 11) is 0. The highest BCUT2D eigenvalue weighted by Crippen LogP contribution is 2.44. The number of allylic oxidation sites excluding steroid dienone is 1. The first-order chi connectivity index (χ1) is 12.7. The van der Waals surface area contributed by atoms with Crippen molar-refractivity contribution in [3.05, 3.63) is 62.8 Å². The molecule has 6 heteroatoms. The lowest BCUT2D eigenvalue weighted by Gasteiger charge is -2.42. The van der Waals surface area contributed by atoms with Crippen LogP contribution in [0.5, 0.6) is 0 Å². The molecule has 26 heavy (non-hydrogen) atoms. The molecule has 1 saturated heterocycles. The van der Waals surface area contributed by atoms with E-state index < -0.39 is 0 Å². The highest BCUT2D eigenvalue weighted by atomic mass is 32.2. The Hall–Kier alpha value is -2.23. The largest absolute Gasteiger partial charge is 0.343 e. The van der Waals surface area contributed by atoms with Gasteiger partial charge in [0.25, 0.3) is 0 Å². The molecule has 0 N–H and O–H groups in total. The van der Waals surface area contributed by atoms with E-state index in [1.807, 2.05) is 23.6 Å². The van der Waals surface area contributed by atoms with Crippen molar-refractivity contribution in [1.82, 2.24) is 4.90 Å². The van der Waals surface area contributed by atoms with Gasteiger partial charge in [0.05, 0.1) is 29.2 Å². The Morgan fingerprint density at radius 3 is 2.85 bits per heavy atom. The van der Waals surface area contributed by atoms with Crippen molar-refractivity contribution >= 4 is 34.7 Å². The van der Waals surface area contributed by atoms with Crippen LogP contribution in [-0.2, 0) is 11.2 Å². The fourth-order valence-corrected chi connectivity index (χ4v) is 5.56. The molecule has 132 valence electrons. The zero-order chi connectivity index (χ0) is 18.1. The predicted octanol–water partition coefficient (Wildman–Crippen LogP) is 4.53. The Morgan fingerprint density at radius 2 is 2.12 bits per heavy atom. The van der Waals surface area contributed by atoms with Gasteiger partial charge in [-0.3, -0.25) is 9.69 Å². The van der Waals surface area contributed by atoms with E-state index in [0.717, 1.165) is 27.8 Å². The second-order valence-corrected chi connectivity index (χ2v) is 8.27. The standard InChI is InChI=1S/C20H19N3OS2/c1-2-14-6-3-4-7-17(14)22-12-23-19(24)10-15(18-8-5-9-25-18)16(11-21)20(23)26-13-22/h3-9,15H,2,10,12-13H2,1H3/t15-/m0/s1. The van der Waals surface area contributed by atoms with Gasteiger partial charge >= 0.3 is 0 Å². The molecule has 1 fully saturated rings. The van der Waals surface area contributed by atoms with Crippen LogP contribution in [0.25, 0.3) is 0 Å². The summed E-state index contributed by atoms with van der Waals surface area (Å²) < 4.78 is 0. The number of rotatable bonds is 3. The molecule has 0 bridgehead atoms. The number of thioether (sulfide) groups is 1. The van der Waals surface area contributed by atoms with E-state index in [2.05, 4.69) is 36.1 Å². The lowest BCUT2D eigenvalue weighted by molar-refractivity contribution is -0.129. The summed E-state index contributed by atoms with van der Waals surface area (Å²) in [5.41, 5.74) is 3.19. The summed E-state index contributed by atoms with van der Waals surface area (Å²) in [5.74, 6) is 0.752. The van der Waals surface area contributed by atoms with E-state index >= 15 is 0 Å². The number of carbonyl (C=O) groups excluding carboxylic acids is 1. The summed E-state index contributed by atoms with van der Waals surface area (Å²) in [6.07, 6.45) is 1.33. The number of carbonyl (C=O) groups is 1. The highest BCUT2D eigenvalue weighted by Gasteiger charge is 2.38. The van der Waals surface area contributed by atoms with Crippen molar-refractivity contribution in [2.24, 2.45) is 0 Å². The summed E-state index contributed by atoms with van der Waals surface area (Å²) in [6.45, 7) is 2.66. The van der Waals surface area contributed by atoms with E-state index in [9.17, 15) is 10.1 Å². The summed E-state index contributed by atoms with van der Waals surface area (Å²) in [6, 6.07) is 14.7. The Bertz CT molecular complexity index is 898. The van der Waals surface area contributed by atoms with Crippen LogP contribution in [0.1, 0.15) is 29.7 Å². The van der Waals surface area contributed by atoms with Gasteiger partial charge in [0, 0.05) is 22.9 Å². The first kappa shape index (κ1) is 17.2. The molecule has 1 atom stereocenters. The lowest BCUT2D eigenvalue weighted by Crippen LogP contribution is -2.47. The highest BCUT2D eigenvalue weighted by molar-refractivity contribution is 8.03. The second kappa shape index (κ2) is 7.18. The van der Waals surface area contributed by atoms with Crippen molar-refractivity contribution in [3.8, 4) is 6.07 Å². The van der Waals surface area contributed by atoms with Crippen molar-refractivity contribution in [1.29, 1.82) is 5.26 Å². The average Bonchev–Trinajstić information content (AvgIpc) is 3.22. The molecule has 0 aliphatic carbocycles. The number of anilines is 1. The maximum atomic E-state index is 12.9. The van der Waals surface area contributed by atoms with Crippen LogP contribution in [0.2, 0.25) is 0 Å². The first-order valence-corrected chi connectivity index (χ1v) is 10.5. The number of fused-ring (bicyclic) bond motifs is 1. The number of nitrogens with zero attached hydrogens (tertiary/aromatic N) is 3. The maximum Gasteiger partial charge on any atom is 0.229 e. The Kier molecular flexibility index (Phi) is 4.75. The molecule has 1 amide bonds. The Balaban J connectivity index is 1.67. The number of amides is 1. The van der Waals surface area contributed by atoms with Gasteiger partial charge in [-0.15, -0.1) is 11.3 Å². The van der Waals surface area contributed by atoms with Gasteiger partial charge in [-0.05, 0) is 29.5 Å². The molecule has 1 aromatic carbocycles. The van der Waals surface area contributed by atoms with Gasteiger partial charge in [-0.25, -0.2) is 0 Å². The van der Waals surface area contributed by atoms with Crippen LogP contribution in [-0.4, -0.2) is 23.4 Å². The van der Waals surface area contributed by atoms with Gasteiger partial charge in [0.15, 0.2) is 0 Å². The number of aryl methyl sites for hydroxylation is 1. The zero-order valence-corrected chi connectivity index (χ0v) is 16.1. The van der Waals surface area contributed by atoms with Crippen molar-refractivity contribution < 1.29 is 4.79 Å². The van der Waals surface area contributed by atoms with Gasteiger partial charge in [-0.2, -0.15) is 5.26 Å². The molecule has 3 heterocycles.